The number of amides is 1. The summed E-state index contributed by atoms with van der Waals surface area (Å²) in [6, 6.07) is 1.34. The van der Waals surface area contributed by atoms with E-state index in [0.29, 0.717) is 5.69 Å². The van der Waals surface area contributed by atoms with Gasteiger partial charge in [0.25, 0.3) is 5.91 Å². The van der Waals surface area contributed by atoms with Crippen molar-refractivity contribution in [2.75, 3.05) is 5.32 Å². The molecule has 4 N–H and O–H groups in total. The van der Waals surface area contributed by atoms with Crippen molar-refractivity contribution in [3.05, 3.63) is 41.5 Å². The van der Waals surface area contributed by atoms with Crippen LogP contribution in [-0.4, -0.2) is 32.1 Å². The number of carboxylic acid groups (broad SMARTS) is 1. The number of nitrogens with zero attached hydrogens (tertiary/aromatic N) is 1. The van der Waals surface area contributed by atoms with Crippen LogP contribution in [0.15, 0.2) is 24.7 Å². The van der Waals surface area contributed by atoms with Gasteiger partial charge in [0.1, 0.15) is 11.3 Å². The van der Waals surface area contributed by atoms with Crippen molar-refractivity contribution in [3.8, 4) is 5.75 Å². The highest BCUT2D eigenvalue weighted by atomic mass is 16.4. The lowest BCUT2D eigenvalue weighted by Gasteiger charge is -2.06. The maximum atomic E-state index is 11.9. The molecule has 2 aromatic rings. The van der Waals surface area contributed by atoms with E-state index in [2.05, 4.69) is 15.3 Å². The van der Waals surface area contributed by atoms with Crippen molar-refractivity contribution in [3.63, 3.8) is 0 Å². The standard InChI is InChI=1S/C12H11N3O4/c1-6-10(12(18)19)8(4-14-6)15-11(17)7-2-3-13-5-9(7)16/h2-5,14,16H,1H3,(H,15,17)(H,18,19). The van der Waals surface area contributed by atoms with E-state index in [-0.39, 0.29) is 22.6 Å². The van der Waals surface area contributed by atoms with Crippen LogP contribution in [0.3, 0.4) is 0 Å². The molecule has 0 saturated heterocycles. The zero-order valence-electron chi connectivity index (χ0n) is 9.97. The summed E-state index contributed by atoms with van der Waals surface area (Å²) >= 11 is 0. The smallest absolute Gasteiger partial charge is 0.339 e. The van der Waals surface area contributed by atoms with E-state index in [0.717, 1.165) is 6.20 Å². The number of aryl methyl sites for hydroxylation is 1. The lowest BCUT2D eigenvalue weighted by Crippen LogP contribution is -2.14. The van der Waals surface area contributed by atoms with Gasteiger partial charge in [-0.25, -0.2) is 4.79 Å². The molecule has 2 rings (SSSR count). The average Bonchev–Trinajstić information content (AvgIpc) is 2.70. The number of aromatic nitrogens is 2. The van der Waals surface area contributed by atoms with Gasteiger partial charge in [0.2, 0.25) is 0 Å². The lowest BCUT2D eigenvalue weighted by molar-refractivity contribution is 0.0697. The molecule has 1 amide bonds. The number of nitrogens with one attached hydrogen (secondary N) is 2. The molecule has 0 saturated carbocycles. The van der Waals surface area contributed by atoms with Crippen LogP contribution in [-0.2, 0) is 0 Å². The molecule has 98 valence electrons. The number of anilines is 1. The lowest BCUT2D eigenvalue weighted by atomic mass is 10.2. The second-order valence-corrected chi connectivity index (χ2v) is 3.85. The van der Waals surface area contributed by atoms with Crippen molar-refractivity contribution in [2.45, 2.75) is 6.92 Å². The highest BCUT2D eigenvalue weighted by Crippen LogP contribution is 2.21. The maximum Gasteiger partial charge on any atom is 0.339 e. The quantitative estimate of drug-likeness (QED) is 0.666. The molecule has 0 atom stereocenters. The molecule has 0 bridgehead atoms. The largest absolute Gasteiger partial charge is 0.505 e. The number of aromatic carboxylic acids is 1. The van der Waals surface area contributed by atoms with Gasteiger partial charge in [-0.15, -0.1) is 0 Å². The molecule has 0 aliphatic carbocycles. The fourth-order valence-electron chi connectivity index (χ4n) is 1.67. The van der Waals surface area contributed by atoms with E-state index in [4.69, 9.17) is 5.11 Å². The van der Waals surface area contributed by atoms with Crippen LogP contribution in [0.4, 0.5) is 5.69 Å². The third kappa shape index (κ3) is 2.39. The molecule has 0 aromatic carbocycles. The molecule has 0 aliphatic rings. The Bertz CT molecular complexity index is 648. The summed E-state index contributed by atoms with van der Waals surface area (Å²) in [6.07, 6.45) is 3.87. The Morgan fingerprint density at radius 1 is 1.42 bits per heavy atom. The number of aromatic hydroxyl groups is 1. The summed E-state index contributed by atoms with van der Waals surface area (Å²) < 4.78 is 0. The number of aromatic amines is 1. The number of carbonyl (C=O) groups is 2. The third-order valence-corrected chi connectivity index (χ3v) is 2.58. The predicted molar refractivity (Wildman–Crippen MR) is 66.3 cm³/mol. The van der Waals surface area contributed by atoms with Crippen molar-refractivity contribution < 1.29 is 19.8 Å². The molecule has 0 radical (unpaired) electrons. The molecule has 0 fully saturated rings. The summed E-state index contributed by atoms with van der Waals surface area (Å²) in [5.41, 5.74) is 0.583. The van der Waals surface area contributed by atoms with E-state index < -0.39 is 11.9 Å². The molecule has 2 aromatic heterocycles. The van der Waals surface area contributed by atoms with E-state index in [1.54, 1.807) is 6.92 Å². The van der Waals surface area contributed by atoms with Gasteiger partial charge in [-0.2, -0.15) is 0 Å². The van der Waals surface area contributed by atoms with Gasteiger partial charge in [-0.05, 0) is 13.0 Å². The Morgan fingerprint density at radius 3 is 2.79 bits per heavy atom. The van der Waals surface area contributed by atoms with Gasteiger partial charge in [0.05, 0.1) is 17.4 Å². The highest BCUT2D eigenvalue weighted by Gasteiger charge is 2.18. The molecule has 2 heterocycles. The molecule has 7 heteroatoms. The Hall–Kier alpha value is -2.83. The first kappa shape index (κ1) is 12.6. The van der Waals surface area contributed by atoms with Crippen molar-refractivity contribution >= 4 is 17.6 Å². The van der Waals surface area contributed by atoms with Crippen molar-refractivity contribution in [1.29, 1.82) is 0 Å². The monoisotopic (exact) mass is 261 g/mol. The summed E-state index contributed by atoms with van der Waals surface area (Å²) in [5.74, 6) is -2.03. The molecule has 19 heavy (non-hydrogen) atoms. The van der Waals surface area contributed by atoms with Crippen LogP contribution < -0.4 is 5.32 Å². The van der Waals surface area contributed by atoms with Gasteiger partial charge in [0.15, 0.2) is 0 Å². The molecule has 0 unspecified atom stereocenters. The van der Waals surface area contributed by atoms with Crippen LogP contribution in [0.5, 0.6) is 5.75 Å². The highest BCUT2D eigenvalue weighted by molar-refractivity contribution is 6.09. The number of rotatable bonds is 3. The van der Waals surface area contributed by atoms with Gasteiger partial charge >= 0.3 is 5.97 Å². The topological polar surface area (TPSA) is 115 Å². The second-order valence-electron chi connectivity index (χ2n) is 3.85. The first-order valence-electron chi connectivity index (χ1n) is 5.36. The molecular weight excluding hydrogens is 250 g/mol. The van der Waals surface area contributed by atoms with E-state index >= 15 is 0 Å². The molecular formula is C12H11N3O4. The van der Waals surface area contributed by atoms with Crippen molar-refractivity contribution in [1.82, 2.24) is 9.97 Å². The Kier molecular flexibility index (Phi) is 3.19. The summed E-state index contributed by atoms with van der Waals surface area (Å²) in [5, 5.41) is 21.0. The number of pyridine rings is 1. The molecule has 0 aliphatic heterocycles. The molecule has 0 spiro atoms. The Labute approximate surface area is 107 Å². The zero-order valence-corrected chi connectivity index (χ0v) is 9.97. The minimum Gasteiger partial charge on any atom is -0.505 e. The zero-order chi connectivity index (χ0) is 14.0. The number of H-pyrrole nitrogens is 1. The van der Waals surface area contributed by atoms with Crippen LogP contribution in [0.2, 0.25) is 0 Å². The summed E-state index contributed by atoms with van der Waals surface area (Å²) in [4.78, 5) is 29.3. The van der Waals surface area contributed by atoms with Gasteiger partial charge in [-0.3, -0.25) is 9.78 Å². The first-order valence-corrected chi connectivity index (χ1v) is 5.36. The summed E-state index contributed by atoms with van der Waals surface area (Å²) in [6.45, 7) is 1.59. The van der Waals surface area contributed by atoms with E-state index in [9.17, 15) is 14.7 Å². The number of carbonyl (C=O) groups excluding carboxylic acids is 1. The van der Waals surface area contributed by atoms with Crippen molar-refractivity contribution in [2.24, 2.45) is 0 Å². The fraction of sp³-hybridized carbons (Fsp3) is 0.0833. The second kappa shape index (κ2) is 4.81. The third-order valence-electron chi connectivity index (χ3n) is 2.58. The van der Waals surface area contributed by atoms with Crippen LogP contribution >= 0.6 is 0 Å². The number of hydrogen-bond acceptors (Lipinski definition) is 4. The minimum absolute atomic E-state index is 0.0121. The number of hydrogen-bond donors (Lipinski definition) is 4. The Balaban J connectivity index is 2.30. The van der Waals surface area contributed by atoms with Crippen LogP contribution in [0, 0.1) is 6.92 Å². The minimum atomic E-state index is -1.15. The maximum absolute atomic E-state index is 11.9. The SMILES string of the molecule is Cc1[nH]cc(NC(=O)c2ccncc2O)c1C(=O)O. The average molecular weight is 261 g/mol. The van der Waals surface area contributed by atoms with Gasteiger partial charge in [-0.1, -0.05) is 0 Å². The number of carboxylic acids is 1. The normalized spacial score (nSPS) is 10.2. The first-order chi connectivity index (χ1) is 9.00. The van der Waals surface area contributed by atoms with Gasteiger partial charge in [0, 0.05) is 18.1 Å². The fourth-order valence-corrected chi connectivity index (χ4v) is 1.67. The van der Waals surface area contributed by atoms with E-state index in [1.165, 1.54) is 18.5 Å². The van der Waals surface area contributed by atoms with E-state index in [1.807, 2.05) is 0 Å². The summed E-state index contributed by atoms with van der Waals surface area (Å²) in [7, 11) is 0. The van der Waals surface area contributed by atoms with Crippen LogP contribution in [0.1, 0.15) is 26.4 Å². The Morgan fingerprint density at radius 2 is 2.16 bits per heavy atom. The van der Waals surface area contributed by atoms with Gasteiger partial charge < -0.3 is 20.5 Å². The molecule has 7 nitrogen and oxygen atoms in total. The van der Waals surface area contributed by atoms with Crippen LogP contribution in [0.25, 0.3) is 0 Å². The predicted octanol–water partition coefficient (Wildman–Crippen LogP) is 1.37.